The fourth-order valence-corrected chi connectivity index (χ4v) is 4.28. The smallest absolute Gasteiger partial charge is 0.273 e. The molecule has 3 amide bonds. The SMILES string of the molecule is CCCOc1ccc(CNC(=O)c2ncn3c2C(=O)N(CCC)[C@@](C)(C(=O)NCCC(C)C)C3)cc1. The number of hydrogen-bond acceptors (Lipinski definition) is 5. The van der Waals surface area contributed by atoms with Crippen LogP contribution in [0.4, 0.5) is 0 Å². The molecular formula is C27H39N5O4. The molecule has 0 radical (unpaired) electrons. The fourth-order valence-electron chi connectivity index (χ4n) is 4.28. The van der Waals surface area contributed by atoms with Crippen LogP contribution in [0.25, 0.3) is 0 Å². The molecule has 2 aromatic rings. The van der Waals surface area contributed by atoms with Crippen molar-refractivity contribution in [2.75, 3.05) is 19.7 Å². The highest BCUT2D eigenvalue weighted by Gasteiger charge is 2.48. The third kappa shape index (κ3) is 6.06. The standard InChI is InChI=1S/C27H39N5O4/c1-6-14-32-25(34)23-22(24(33)29-16-20-8-10-21(11-9-20)36-15-7-2)30-18-31(23)17-27(32,5)26(35)28-13-12-19(3)4/h8-11,18-19H,6-7,12-17H2,1-5H3,(H,28,35)(H,29,33)/t27-/m1/s1. The number of ether oxygens (including phenoxy) is 1. The number of aromatic nitrogens is 2. The summed E-state index contributed by atoms with van der Waals surface area (Å²) in [4.78, 5) is 45.6. The van der Waals surface area contributed by atoms with Gasteiger partial charge in [-0.25, -0.2) is 4.98 Å². The lowest BCUT2D eigenvalue weighted by Crippen LogP contribution is -2.64. The van der Waals surface area contributed by atoms with Crippen LogP contribution in [-0.2, 0) is 17.9 Å². The number of carbonyl (C=O) groups excluding carboxylic acids is 3. The number of amides is 3. The molecule has 1 aliphatic heterocycles. The monoisotopic (exact) mass is 497 g/mol. The van der Waals surface area contributed by atoms with E-state index in [-0.39, 0.29) is 29.7 Å². The predicted molar refractivity (Wildman–Crippen MR) is 138 cm³/mol. The zero-order chi connectivity index (χ0) is 26.3. The summed E-state index contributed by atoms with van der Waals surface area (Å²) < 4.78 is 7.22. The number of carbonyl (C=O) groups is 3. The Kier molecular flexibility index (Phi) is 9.12. The van der Waals surface area contributed by atoms with Crippen molar-refractivity contribution in [2.24, 2.45) is 5.92 Å². The lowest BCUT2D eigenvalue weighted by Gasteiger charge is -2.43. The maximum Gasteiger partial charge on any atom is 0.273 e. The van der Waals surface area contributed by atoms with Gasteiger partial charge in [-0.2, -0.15) is 0 Å². The van der Waals surface area contributed by atoms with Crippen molar-refractivity contribution >= 4 is 17.7 Å². The van der Waals surface area contributed by atoms with Crippen molar-refractivity contribution in [1.82, 2.24) is 25.1 Å². The van der Waals surface area contributed by atoms with Gasteiger partial charge in [0.05, 0.1) is 19.5 Å². The van der Waals surface area contributed by atoms with Crippen molar-refractivity contribution in [3.63, 3.8) is 0 Å². The average molecular weight is 498 g/mol. The van der Waals surface area contributed by atoms with Gasteiger partial charge in [0, 0.05) is 19.6 Å². The molecule has 1 aromatic heterocycles. The highest BCUT2D eigenvalue weighted by atomic mass is 16.5. The second kappa shape index (κ2) is 12.1. The number of fused-ring (bicyclic) bond motifs is 1. The molecular weight excluding hydrogens is 458 g/mol. The van der Waals surface area contributed by atoms with Gasteiger partial charge < -0.3 is 24.8 Å². The Balaban J connectivity index is 1.74. The van der Waals surface area contributed by atoms with Gasteiger partial charge >= 0.3 is 0 Å². The molecule has 196 valence electrons. The zero-order valence-corrected chi connectivity index (χ0v) is 22.1. The molecule has 0 fully saturated rings. The van der Waals surface area contributed by atoms with E-state index < -0.39 is 11.4 Å². The summed E-state index contributed by atoms with van der Waals surface area (Å²) in [6.45, 7) is 12.1. The molecule has 9 nitrogen and oxygen atoms in total. The van der Waals surface area contributed by atoms with E-state index in [0.29, 0.717) is 38.6 Å². The number of benzene rings is 1. The number of hydrogen-bond donors (Lipinski definition) is 2. The minimum atomic E-state index is -1.06. The first-order chi connectivity index (χ1) is 17.2. The molecule has 0 saturated carbocycles. The van der Waals surface area contributed by atoms with E-state index in [4.69, 9.17) is 4.74 Å². The summed E-state index contributed by atoms with van der Waals surface area (Å²) in [7, 11) is 0. The van der Waals surface area contributed by atoms with Crippen molar-refractivity contribution in [3.8, 4) is 5.75 Å². The van der Waals surface area contributed by atoms with Crippen molar-refractivity contribution in [1.29, 1.82) is 0 Å². The summed E-state index contributed by atoms with van der Waals surface area (Å²) in [6, 6.07) is 7.53. The number of nitrogens with zero attached hydrogens (tertiary/aromatic N) is 3. The highest BCUT2D eigenvalue weighted by molar-refractivity contribution is 6.07. The fraction of sp³-hybridized carbons (Fsp3) is 0.556. The molecule has 2 N–H and O–H groups in total. The molecule has 2 heterocycles. The van der Waals surface area contributed by atoms with Crippen molar-refractivity contribution < 1.29 is 19.1 Å². The van der Waals surface area contributed by atoms with Gasteiger partial charge in [-0.1, -0.05) is 39.8 Å². The van der Waals surface area contributed by atoms with Gasteiger partial charge in [0.25, 0.3) is 11.8 Å². The maximum atomic E-state index is 13.6. The molecule has 1 aromatic carbocycles. The average Bonchev–Trinajstić information content (AvgIpc) is 3.28. The van der Waals surface area contributed by atoms with E-state index in [0.717, 1.165) is 24.2 Å². The lowest BCUT2D eigenvalue weighted by molar-refractivity contribution is -0.132. The molecule has 0 aliphatic carbocycles. The van der Waals surface area contributed by atoms with Crippen molar-refractivity contribution in [2.45, 2.75) is 72.5 Å². The summed E-state index contributed by atoms with van der Waals surface area (Å²) in [5.41, 5.74) is 0.139. The van der Waals surface area contributed by atoms with Crippen LogP contribution in [0.15, 0.2) is 30.6 Å². The molecule has 3 rings (SSSR count). The summed E-state index contributed by atoms with van der Waals surface area (Å²) >= 11 is 0. The van der Waals surface area contributed by atoms with E-state index in [2.05, 4.69) is 29.5 Å². The van der Waals surface area contributed by atoms with Crippen LogP contribution < -0.4 is 15.4 Å². The Hall–Kier alpha value is -3.36. The Morgan fingerprint density at radius 1 is 1.14 bits per heavy atom. The van der Waals surface area contributed by atoms with Crippen molar-refractivity contribution in [3.05, 3.63) is 47.5 Å². The summed E-state index contributed by atoms with van der Waals surface area (Å²) in [5.74, 6) is 0.274. The number of rotatable bonds is 12. The second-order valence-electron chi connectivity index (χ2n) is 9.91. The van der Waals surface area contributed by atoms with Gasteiger partial charge in [0.15, 0.2) is 5.69 Å². The Morgan fingerprint density at radius 3 is 2.50 bits per heavy atom. The van der Waals surface area contributed by atoms with Gasteiger partial charge in [-0.15, -0.1) is 0 Å². The summed E-state index contributed by atoms with van der Waals surface area (Å²) in [6.07, 6.45) is 3.96. The minimum absolute atomic E-state index is 0.0752. The Morgan fingerprint density at radius 2 is 1.86 bits per heavy atom. The quantitative estimate of drug-likeness (QED) is 0.468. The van der Waals surface area contributed by atoms with E-state index in [1.807, 2.05) is 38.1 Å². The predicted octanol–water partition coefficient (Wildman–Crippen LogP) is 3.39. The van der Waals surface area contributed by atoms with Crippen LogP contribution >= 0.6 is 0 Å². The molecule has 36 heavy (non-hydrogen) atoms. The lowest BCUT2D eigenvalue weighted by atomic mass is 9.93. The first-order valence-electron chi connectivity index (χ1n) is 12.9. The van der Waals surface area contributed by atoms with Gasteiger partial charge in [-0.05, 0) is 49.8 Å². The minimum Gasteiger partial charge on any atom is -0.494 e. The normalized spacial score (nSPS) is 17.2. The van der Waals surface area contributed by atoms with Gasteiger partial charge in [0.2, 0.25) is 5.91 Å². The molecule has 1 atom stereocenters. The maximum absolute atomic E-state index is 13.6. The van der Waals surface area contributed by atoms with E-state index in [9.17, 15) is 14.4 Å². The second-order valence-corrected chi connectivity index (χ2v) is 9.91. The number of nitrogens with one attached hydrogen (secondary N) is 2. The molecule has 0 spiro atoms. The van der Waals surface area contributed by atoms with Crippen LogP contribution in [-0.4, -0.2) is 57.4 Å². The molecule has 0 unspecified atom stereocenters. The van der Waals surface area contributed by atoms with Crippen LogP contribution in [0.1, 0.15) is 80.4 Å². The third-order valence-electron chi connectivity index (χ3n) is 6.37. The summed E-state index contributed by atoms with van der Waals surface area (Å²) in [5, 5.41) is 5.85. The molecule has 0 bridgehead atoms. The van der Waals surface area contributed by atoms with E-state index in [1.54, 1.807) is 16.4 Å². The topological polar surface area (TPSA) is 106 Å². The van der Waals surface area contributed by atoms with Crippen LogP contribution in [0, 0.1) is 5.92 Å². The van der Waals surface area contributed by atoms with Gasteiger partial charge in [-0.3, -0.25) is 14.4 Å². The highest BCUT2D eigenvalue weighted by Crippen LogP contribution is 2.29. The van der Waals surface area contributed by atoms with Crippen LogP contribution in [0.3, 0.4) is 0 Å². The van der Waals surface area contributed by atoms with E-state index >= 15 is 0 Å². The largest absolute Gasteiger partial charge is 0.494 e. The first kappa shape index (κ1) is 27.2. The zero-order valence-electron chi connectivity index (χ0n) is 22.1. The number of imidazole rings is 1. The molecule has 0 saturated heterocycles. The first-order valence-corrected chi connectivity index (χ1v) is 12.9. The van der Waals surface area contributed by atoms with Gasteiger partial charge in [0.1, 0.15) is 17.0 Å². The third-order valence-corrected chi connectivity index (χ3v) is 6.37. The van der Waals surface area contributed by atoms with Crippen LogP contribution in [0.5, 0.6) is 5.75 Å². The van der Waals surface area contributed by atoms with Crippen LogP contribution in [0.2, 0.25) is 0 Å². The molecule has 9 heteroatoms. The Labute approximate surface area is 213 Å². The molecule has 1 aliphatic rings. The van der Waals surface area contributed by atoms with E-state index in [1.165, 1.54) is 6.33 Å². The Bertz CT molecular complexity index is 1060.